The molecule has 0 aliphatic carbocycles. The highest BCUT2D eigenvalue weighted by molar-refractivity contribution is 5.89. The summed E-state index contributed by atoms with van der Waals surface area (Å²) in [6.45, 7) is 3.30. The lowest BCUT2D eigenvalue weighted by Crippen LogP contribution is -2.39. The molecule has 24 heavy (non-hydrogen) atoms. The Morgan fingerprint density at radius 1 is 1.38 bits per heavy atom. The third-order valence-corrected chi connectivity index (χ3v) is 4.16. The van der Waals surface area contributed by atoms with Crippen LogP contribution in [0.1, 0.15) is 18.9 Å². The van der Waals surface area contributed by atoms with E-state index in [4.69, 9.17) is 0 Å². The maximum Gasteiger partial charge on any atom is 0.319 e. The second-order valence-corrected chi connectivity index (χ2v) is 5.89. The molecule has 1 aliphatic heterocycles. The van der Waals surface area contributed by atoms with Gasteiger partial charge >= 0.3 is 6.03 Å². The molecule has 3 rings (SSSR count). The summed E-state index contributed by atoms with van der Waals surface area (Å²) < 4.78 is 13.8. The first-order valence-electron chi connectivity index (χ1n) is 8.17. The second-order valence-electron chi connectivity index (χ2n) is 5.89. The maximum absolute atomic E-state index is 13.8. The van der Waals surface area contributed by atoms with Crippen molar-refractivity contribution in [2.45, 2.75) is 25.8 Å². The van der Waals surface area contributed by atoms with Gasteiger partial charge in [0.15, 0.2) is 11.6 Å². The van der Waals surface area contributed by atoms with Crippen LogP contribution in [0.15, 0.2) is 42.6 Å². The van der Waals surface area contributed by atoms with Crippen LogP contribution in [0.3, 0.4) is 0 Å². The molecule has 0 bridgehead atoms. The predicted molar refractivity (Wildman–Crippen MR) is 92.8 cm³/mol. The number of pyridine rings is 1. The number of anilines is 2. The van der Waals surface area contributed by atoms with Gasteiger partial charge in [-0.05, 0) is 42.7 Å². The third kappa shape index (κ3) is 3.82. The largest absolute Gasteiger partial charge is 0.352 e. The Labute approximate surface area is 140 Å². The fourth-order valence-corrected chi connectivity index (χ4v) is 2.90. The molecular weight excluding hydrogens is 307 g/mol. The van der Waals surface area contributed by atoms with Crippen molar-refractivity contribution in [3.05, 3.63) is 54.0 Å². The molecule has 1 aliphatic rings. The van der Waals surface area contributed by atoms with Crippen molar-refractivity contribution in [2.24, 2.45) is 0 Å². The second kappa shape index (κ2) is 7.29. The molecule has 1 fully saturated rings. The molecule has 2 N–H and O–H groups in total. The van der Waals surface area contributed by atoms with Crippen molar-refractivity contribution in [2.75, 3.05) is 23.3 Å². The van der Waals surface area contributed by atoms with Gasteiger partial charge in [-0.3, -0.25) is 0 Å². The van der Waals surface area contributed by atoms with Gasteiger partial charge in [0, 0.05) is 31.0 Å². The van der Waals surface area contributed by atoms with Crippen LogP contribution >= 0.6 is 0 Å². The first kappa shape index (κ1) is 16.2. The number of carbonyl (C=O) groups excluding carboxylic acids is 1. The summed E-state index contributed by atoms with van der Waals surface area (Å²) in [6.07, 6.45) is 3.26. The highest BCUT2D eigenvalue weighted by Crippen LogP contribution is 2.21. The molecule has 2 amide bonds. The highest BCUT2D eigenvalue weighted by atomic mass is 19.1. The predicted octanol–water partition coefficient (Wildman–Crippen LogP) is 3.18. The van der Waals surface area contributed by atoms with Crippen molar-refractivity contribution in [1.82, 2.24) is 10.3 Å². The van der Waals surface area contributed by atoms with E-state index in [1.54, 1.807) is 12.3 Å². The van der Waals surface area contributed by atoms with Crippen LogP contribution in [0.25, 0.3) is 0 Å². The Balaban J connectivity index is 1.55. The fraction of sp³-hybridized carbons (Fsp3) is 0.333. The number of hydrogen-bond donors (Lipinski definition) is 2. The smallest absolute Gasteiger partial charge is 0.319 e. The van der Waals surface area contributed by atoms with Crippen molar-refractivity contribution >= 4 is 17.5 Å². The number of aryl methyl sites for hydroxylation is 1. The number of hydrogen-bond acceptors (Lipinski definition) is 3. The van der Waals surface area contributed by atoms with Crippen LogP contribution in [-0.4, -0.2) is 30.1 Å². The summed E-state index contributed by atoms with van der Waals surface area (Å²) in [5, 5.41) is 5.79. The quantitative estimate of drug-likeness (QED) is 0.906. The Morgan fingerprint density at radius 2 is 2.25 bits per heavy atom. The summed E-state index contributed by atoms with van der Waals surface area (Å²) >= 11 is 0. The molecular formula is C18H21FN4O. The van der Waals surface area contributed by atoms with Crippen molar-refractivity contribution < 1.29 is 9.18 Å². The molecule has 1 saturated heterocycles. The molecule has 1 aromatic carbocycles. The lowest BCUT2D eigenvalue weighted by Gasteiger charge is -2.18. The molecule has 6 heteroatoms. The molecule has 0 spiro atoms. The summed E-state index contributed by atoms with van der Waals surface area (Å²) in [7, 11) is 0. The van der Waals surface area contributed by atoms with E-state index in [-0.39, 0.29) is 17.9 Å². The standard InChI is InChI=1S/C18H21FN4O/c1-2-13-5-3-6-14(11-13)21-18(24)22-15-8-10-23(12-15)17-16(19)7-4-9-20-17/h3-7,9,11,15H,2,8,10,12H2,1H3,(H2,21,22,24). The van der Waals surface area contributed by atoms with E-state index in [1.807, 2.05) is 29.2 Å². The van der Waals surface area contributed by atoms with Gasteiger partial charge in [-0.15, -0.1) is 0 Å². The number of carbonyl (C=O) groups is 1. The number of halogens is 1. The van der Waals surface area contributed by atoms with E-state index in [2.05, 4.69) is 22.5 Å². The maximum atomic E-state index is 13.8. The number of amides is 2. The van der Waals surface area contributed by atoms with Gasteiger partial charge in [0.1, 0.15) is 0 Å². The summed E-state index contributed by atoms with van der Waals surface area (Å²) in [4.78, 5) is 18.1. The molecule has 0 radical (unpaired) electrons. The topological polar surface area (TPSA) is 57.3 Å². The van der Waals surface area contributed by atoms with Crippen molar-refractivity contribution in [1.29, 1.82) is 0 Å². The van der Waals surface area contributed by atoms with Gasteiger partial charge in [-0.1, -0.05) is 19.1 Å². The molecule has 1 atom stereocenters. The minimum absolute atomic E-state index is 0.0271. The molecule has 1 aromatic heterocycles. The zero-order valence-electron chi connectivity index (χ0n) is 13.6. The van der Waals surface area contributed by atoms with Crippen LogP contribution in [-0.2, 0) is 6.42 Å². The Bertz CT molecular complexity index is 722. The highest BCUT2D eigenvalue weighted by Gasteiger charge is 2.26. The third-order valence-electron chi connectivity index (χ3n) is 4.16. The number of nitrogens with one attached hydrogen (secondary N) is 2. The Morgan fingerprint density at radius 3 is 3.04 bits per heavy atom. The van der Waals surface area contributed by atoms with Crippen LogP contribution in [0.2, 0.25) is 0 Å². The monoisotopic (exact) mass is 328 g/mol. The molecule has 126 valence electrons. The zero-order chi connectivity index (χ0) is 16.9. The lowest BCUT2D eigenvalue weighted by atomic mass is 10.1. The molecule has 2 heterocycles. The van der Waals surface area contributed by atoms with Gasteiger partial charge in [-0.2, -0.15) is 0 Å². The van der Waals surface area contributed by atoms with Crippen LogP contribution in [0.5, 0.6) is 0 Å². The Kier molecular flexibility index (Phi) is 4.93. The van der Waals surface area contributed by atoms with E-state index < -0.39 is 0 Å². The SMILES string of the molecule is CCc1cccc(NC(=O)NC2CCN(c3ncccc3F)C2)c1. The molecule has 5 nitrogen and oxygen atoms in total. The first-order valence-corrected chi connectivity index (χ1v) is 8.17. The van der Waals surface area contributed by atoms with Gasteiger partial charge in [0.2, 0.25) is 0 Å². The molecule has 2 aromatic rings. The lowest BCUT2D eigenvalue weighted by molar-refractivity contribution is 0.249. The fourth-order valence-electron chi connectivity index (χ4n) is 2.90. The number of rotatable bonds is 4. The normalized spacial score (nSPS) is 16.9. The van der Waals surface area contributed by atoms with E-state index in [9.17, 15) is 9.18 Å². The van der Waals surface area contributed by atoms with Gasteiger partial charge in [-0.25, -0.2) is 14.2 Å². The minimum Gasteiger partial charge on any atom is -0.352 e. The number of urea groups is 1. The summed E-state index contributed by atoms with van der Waals surface area (Å²) in [5.41, 5.74) is 1.95. The van der Waals surface area contributed by atoms with Crippen LogP contribution in [0, 0.1) is 5.82 Å². The molecule has 1 unspecified atom stereocenters. The number of benzene rings is 1. The average molecular weight is 328 g/mol. The van der Waals surface area contributed by atoms with Crippen molar-refractivity contribution in [3.63, 3.8) is 0 Å². The first-order chi connectivity index (χ1) is 11.7. The summed E-state index contributed by atoms with van der Waals surface area (Å²) in [6, 6.07) is 10.5. The van der Waals surface area contributed by atoms with Crippen LogP contribution in [0.4, 0.5) is 20.7 Å². The number of nitrogens with zero attached hydrogens (tertiary/aromatic N) is 2. The van der Waals surface area contributed by atoms with E-state index in [0.29, 0.717) is 18.9 Å². The van der Waals surface area contributed by atoms with Gasteiger partial charge in [0.25, 0.3) is 0 Å². The minimum atomic E-state index is -0.334. The number of aromatic nitrogens is 1. The summed E-state index contributed by atoms with van der Waals surface area (Å²) in [5.74, 6) is 0.0110. The van der Waals surface area contributed by atoms with E-state index in [0.717, 1.165) is 18.5 Å². The van der Waals surface area contributed by atoms with Crippen LogP contribution < -0.4 is 15.5 Å². The van der Waals surface area contributed by atoms with E-state index >= 15 is 0 Å². The molecule has 0 saturated carbocycles. The van der Waals surface area contributed by atoms with Crippen molar-refractivity contribution in [3.8, 4) is 0 Å². The average Bonchev–Trinajstić information content (AvgIpc) is 3.03. The Hall–Kier alpha value is -2.63. The van der Waals surface area contributed by atoms with Gasteiger partial charge in [0.05, 0.1) is 0 Å². The van der Waals surface area contributed by atoms with Gasteiger partial charge < -0.3 is 15.5 Å². The zero-order valence-corrected chi connectivity index (χ0v) is 13.6. The van der Waals surface area contributed by atoms with E-state index in [1.165, 1.54) is 11.6 Å².